The van der Waals surface area contributed by atoms with E-state index in [2.05, 4.69) is 4.98 Å². The van der Waals surface area contributed by atoms with Gasteiger partial charge < -0.3 is 5.73 Å². The molecule has 1 heterocycles. The Labute approximate surface area is 69.4 Å². The lowest BCUT2D eigenvalue weighted by molar-refractivity contribution is -0.00855. The molecule has 0 amide bonds. The van der Waals surface area contributed by atoms with Crippen LogP contribution in [-0.4, -0.2) is 4.98 Å². The predicted molar refractivity (Wildman–Crippen MR) is 42.8 cm³/mol. The number of alkyl halides is 2. The Hall–Kier alpha value is -1.19. The van der Waals surface area contributed by atoms with Crippen LogP contribution < -0.4 is 5.73 Å². The summed E-state index contributed by atoms with van der Waals surface area (Å²) in [6.45, 7) is 1.42. The zero-order valence-electron chi connectivity index (χ0n) is 6.72. The van der Waals surface area contributed by atoms with Gasteiger partial charge >= 0.3 is 0 Å². The number of halogens is 2. The van der Waals surface area contributed by atoms with Gasteiger partial charge in [0.2, 0.25) is 0 Å². The Morgan fingerprint density at radius 2 is 2.17 bits per heavy atom. The molecule has 0 radical (unpaired) electrons. The Morgan fingerprint density at radius 3 is 2.67 bits per heavy atom. The van der Waals surface area contributed by atoms with Crippen molar-refractivity contribution < 1.29 is 8.78 Å². The largest absolute Gasteiger partial charge is 0.397 e. The van der Waals surface area contributed by atoms with Crippen molar-refractivity contribution in [2.24, 2.45) is 0 Å². The summed E-state index contributed by atoms with van der Waals surface area (Å²) in [5.41, 5.74) is 5.46. The van der Waals surface area contributed by atoms with E-state index in [0.717, 1.165) is 6.20 Å². The van der Waals surface area contributed by atoms with E-state index in [-0.39, 0.29) is 17.7 Å². The molecule has 0 aliphatic rings. The van der Waals surface area contributed by atoms with Gasteiger partial charge in [-0.3, -0.25) is 4.98 Å². The number of nitrogens with two attached hydrogens (primary N) is 1. The van der Waals surface area contributed by atoms with E-state index in [9.17, 15) is 8.78 Å². The third kappa shape index (κ3) is 1.69. The zero-order chi connectivity index (χ0) is 9.19. The molecule has 0 fully saturated rings. The Bertz CT molecular complexity index is 274. The molecule has 0 bridgehead atoms. The molecular formula is C8H10F2N2. The Morgan fingerprint density at radius 1 is 1.50 bits per heavy atom. The zero-order valence-corrected chi connectivity index (χ0v) is 6.72. The average Bonchev–Trinajstić information content (AvgIpc) is 2.05. The monoisotopic (exact) mass is 172 g/mol. The van der Waals surface area contributed by atoms with Crippen LogP contribution >= 0.6 is 0 Å². The van der Waals surface area contributed by atoms with E-state index in [4.69, 9.17) is 5.73 Å². The maximum atomic E-state index is 13.0. The molecule has 0 saturated carbocycles. The molecule has 66 valence electrons. The van der Waals surface area contributed by atoms with Gasteiger partial charge in [-0.25, -0.2) is 8.78 Å². The van der Waals surface area contributed by atoms with Crippen LogP contribution in [0.1, 0.15) is 18.9 Å². The number of rotatable bonds is 2. The first kappa shape index (κ1) is 8.90. The molecule has 2 nitrogen and oxygen atoms in total. The van der Waals surface area contributed by atoms with Crippen LogP contribution in [0.25, 0.3) is 0 Å². The fourth-order valence-electron chi connectivity index (χ4n) is 0.862. The van der Waals surface area contributed by atoms with Crippen LogP contribution in [0.3, 0.4) is 0 Å². The summed E-state index contributed by atoms with van der Waals surface area (Å²) in [6.07, 6.45) is 2.24. The van der Waals surface area contributed by atoms with E-state index in [1.807, 2.05) is 0 Å². The SMILES string of the molecule is CCC(F)(F)c1cncc(N)c1. The standard InChI is InChI=1S/C8H10F2N2/c1-2-8(9,10)6-3-7(11)5-12-4-6/h3-5H,2,11H2,1H3. The van der Waals surface area contributed by atoms with E-state index >= 15 is 0 Å². The molecule has 4 heteroatoms. The van der Waals surface area contributed by atoms with E-state index in [1.165, 1.54) is 19.2 Å². The van der Waals surface area contributed by atoms with Crippen molar-refractivity contribution in [1.82, 2.24) is 4.98 Å². The quantitative estimate of drug-likeness (QED) is 0.742. The lowest BCUT2D eigenvalue weighted by atomic mass is 10.1. The molecule has 2 N–H and O–H groups in total. The van der Waals surface area contributed by atoms with Crippen LogP contribution in [0.5, 0.6) is 0 Å². The second kappa shape index (κ2) is 3.05. The summed E-state index contributed by atoms with van der Waals surface area (Å²) in [5, 5.41) is 0. The highest BCUT2D eigenvalue weighted by Crippen LogP contribution is 2.31. The number of nitrogens with zero attached hydrogens (tertiary/aromatic N) is 1. The molecule has 0 spiro atoms. The van der Waals surface area contributed by atoms with Gasteiger partial charge in [0.05, 0.1) is 5.69 Å². The minimum absolute atomic E-state index is 0.120. The lowest BCUT2D eigenvalue weighted by Gasteiger charge is -2.13. The second-order valence-corrected chi connectivity index (χ2v) is 2.56. The summed E-state index contributed by atoms with van der Waals surface area (Å²) >= 11 is 0. The highest BCUT2D eigenvalue weighted by atomic mass is 19.3. The first-order valence-corrected chi connectivity index (χ1v) is 3.65. The molecule has 0 saturated heterocycles. The average molecular weight is 172 g/mol. The Kier molecular flexibility index (Phi) is 2.26. The van der Waals surface area contributed by atoms with Crippen LogP contribution in [-0.2, 0) is 5.92 Å². The fraction of sp³-hybridized carbons (Fsp3) is 0.375. The predicted octanol–water partition coefficient (Wildman–Crippen LogP) is 2.17. The van der Waals surface area contributed by atoms with Crippen molar-refractivity contribution in [2.75, 3.05) is 5.73 Å². The van der Waals surface area contributed by atoms with Crippen molar-refractivity contribution in [3.05, 3.63) is 24.0 Å². The van der Waals surface area contributed by atoms with Crippen molar-refractivity contribution >= 4 is 5.69 Å². The summed E-state index contributed by atoms with van der Waals surface area (Å²) in [4.78, 5) is 3.59. The number of aromatic nitrogens is 1. The van der Waals surface area contributed by atoms with Gasteiger partial charge in [-0.15, -0.1) is 0 Å². The van der Waals surface area contributed by atoms with Gasteiger partial charge in [-0.05, 0) is 6.07 Å². The van der Waals surface area contributed by atoms with Crippen LogP contribution in [0.2, 0.25) is 0 Å². The van der Waals surface area contributed by atoms with Crippen LogP contribution in [0.4, 0.5) is 14.5 Å². The van der Waals surface area contributed by atoms with Gasteiger partial charge in [0, 0.05) is 24.4 Å². The van der Waals surface area contributed by atoms with Gasteiger partial charge in [-0.1, -0.05) is 6.92 Å². The fourth-order valence-corrected chi connectivity index (χ4v) is 0.862. The topological polar surface area (TPSA) is 38.9 Å². The minimum atomic E-state index is -2.82. The number of hydrogen-bond acceptors (Lipinski definition) is 2. The summed E-state index contributed by atoms with van der Waals surface area (Å²) in [7, 11) is 0. The van der Waals surface area contributed by atoms with Crippen LogP contribution in [0, 0.1) is 0 Å². The maximum absolute atomic E-state index is 13.0. The normalized spacial score (nSPS) is 11.6. The van der Waals surface area contributed by atoms with Gasteiger partial charge in [0.1, 0.15) is 0 Å². The summed E-state index contributed by atoms with van der Waals surface area (Å²) in [6, 6.07) is 1.25. The molecular weight excluding hydrogens is 162 g/mol. The minimum Gasteiger partial charge on any atom is -0.397 e. The molecule has 1 aromatic heterocycles. The Balaban J connectivity index is 3.03. The lowest BCUT2D eigenvalue weighted by Crippen LogP contribution is -2.12. The van der Waals surface area contributed by atoms with E-state index in [1.54, 1.807) is 0 Å². The number of hydrogen-bond donors (Lipinski definition) is 1. The molecule has 0 aliphatic carbocycles. The molecule has 1 rings (SSSR count). The smallest absolute Gasteiger partial charge is 0.274 e. The molecule has 0 unspecified atom stereocenters. The maximum Gasteiger partial charge on any atom is 0.274 e. The van der Waals surface area contributed by atoms with E-state index in [0.29, 0.717) is 0 Å². The molecule has 0 aliphatic heterocycles. The third-order valence-electron chi connectivity index (χ3n) is 1.63. The number of pyridine rings is 1. The van der Waals surface area contributed by atoms with Crippen molar-refractivity contribution in [3.63, 3.8) is 0 Å². The number of anilines is 1. The second-order valence-electron chi connectivity index (χ2n) is 2.56. The van der Waals surface area contributed by atoms with Crippen molar-refractivity contribution in [1.29, 1.82) is 0 Å². The summed E-state index contributed by atoms with van der Waals surface area (Å²) in [5.74, 6) is -2.82. The molecule has 0 atom stereocenters. The van der Waals surface area contributed by atoms with Gasteiger partial charge in [-0.2, -0.15) is 0 Å². The molecule has 12 heavy (non-hydrogen) atoms. The molecule has 1 aromatic rings. The third-order valence-corrected chi connectivity index (χ3v) is 1.63. The highest BCUT2D eigenvalue weighted by Gasteiger charge is 2.29. The van der Waals surface area contributed by atoms with Crippen LogP contribution in [0.15, 0.2) is 18.5 Å². The van der Waals surface area contributed by atoms with Crippen molar-refractivity contribution in [3.8, 4) is 0 Å². The first-order chi connectivity index (χ1) is 5.56. The molecule has 0 aromatic carbocycles. The van der Waals surface area contributed by atoms with E-state index < -0.39 is 5.92 Å². The van der Waals surface area contributed by atoms with Gasteiger partial charge in [0.15, 0.2) is 0 Å². The van der Waals surface area contributed by atoms with Gasteiger partial charge in [0.25, 0.3) is 5.92 Å². The van der Waals surface area contributed by atoms with Crippen molar-refractivity contribution in [2.45, 2.75) is 19.3 Å². The number of nitrogen functional groups attached to an aromatic ring is 1. The summed E-state index contributed by atoms with van der Waals surface area (Å²) < 4.78 is 25.9. The first-order valence-electron chi connectivity index (χ1n) is 3.65. The highest BCUT2D eigenvalue weighted by molar-refractivity contribution is 5.38.